The van der Waals surface area contributed by atoms with E-state index >= 15 is 4.39 Å². The Balaban J connectivity index is 0.726. The van der Waals surface area contributed by atoms with Gasteiger partial charge in [-0.05, 0) is 80.1 Å². The molecule has 0 spiro atoms. The van der Waals surface area contributed by atoms with Crippen LogP contribution >= 0.6 is 0 Å². The SMILES string of the molecule is CC1(C)C(NC(=O)c2ccc(N3CCC(CN4CCN(c5cc6c(cc5F)C(=O)N(C5CCC(=O)NC5=O)C6=O)CC4)CC3)nc2)C2(C)c3ccnc4c(C#N)ccc(c34)O[C@@H]12. The monoisotopic (exact) mass is 839 g/mol. The van der Waals surface area contributed by atoms with Gasteiger partial charge in [-0.25, -0.2) is 9.37 Å². The number of piperidine rings is 2. The van der Waals surface area contributed by atoms with Crippen LogP contribution in [0.1, 0.15) is 88.7 Å². The third kappa shape index (κ3) is 6.11. The van der Waals surface area contributed by atoms with E-state index in [4.69, 9.17) is 9.72 Å². The molecule has 4 atom stereocenters. The van der Waals surface area contributed by atoms with Crippen LogP contribution in [0.3, 0.4) is 0 Å². The first-order chi connectivity index (χ1) is 29.8. The summed E-state index contributed by atoms with van der Waals surface area (Å²) in [7, 11) is 0. The first kappa shape index (κ1) is 39.7. The van der Waals surface area contributed by atoms with Gasteiger partial charge in [0.2, 0.25) is 11.8 Å². The second kappa shape index (κ2) is 14.6. The molecule has 1 aliphatic carbocycles. The van der Waals surface area contributed by atoms with E-state index in [2.05, 4.69) is 52.3 Å². The summed E-state index contributed by atoms with van der Waals surface area (Å²) in [6.45, 7) is 11.4. The van der Waals surface area contributed by atoms with E-state index in [9.17, 15) is 29.2 Å². The molecule has 4 aromatic rings. The molecule has 0 radical (unpaired) electrons. The molecule has 3 saturated heterocycles. The van der Waals surface area contributed by atoms with Gasteiger partial charge in [0, 0.05) is 75.4 Å². The third-order valence-electron chi connectivity index (χ3n) is 14.3. The minimum atomic E-state index is -1.11. The lowest BCUT2D eigenvalue weighted by Crippen LogP contribution is -2.78. The van der Waals surface area contributed by atoms with E-state index < -0.39 is 40.9 Å². The fourth-order valence-corrected chi connectivity index (χ4v) is 11.2. The maximum absolute atomic E-state index is 15.5. The highest BCUT2D eigenvalue weighted by atomic mass is 19.1. The van der Waals surface area contributed by atoms with Crippen molar-refractivity contribution in [3.63, 3.8) is 0 Å². The predicted octanol–water partition coefficient (Wildman–Crippen LogP) is 3.94. The molecule has 15 nitrogen and oxygen atoms in total. The molecular formula is C46H46FN9O6. The average Bonchev–Trinajstić information content (AvgIpc) is 3.51. The van der Waals surface area contributed by atoms with Gasteiger partial charge in [-0.15, -0.1) is 0 Å². The number of carbonyl (C=O) groups is 5. The molecule has 3 unspecified atom stereocenters. The van der Waals surface area contributed by atoms with E-state index in [1.54, 1.807) is 18.5 Å². The van der Waals surface area contributed by atoms with E-state index in [-0.39, 0.29) is 53.1 Å². The van der Waals surface area contributed by atoms with Gasteiger partial charge in [-0.1, -0.05) is 13.8 Å². The van der Waals surface area contributed by atoms with Crippen LogP contribution in [-0.4, -0.2) is 113 Å². The number of hydrogen-bond donors (Lipinski definition) is 2. The summed E-state index contributed by atoms with van der Waals surface area (Å²) in [4.78, 5) is 81.0. The molecule has 7 heterocycles. The number of aromatic nitrogens is 2. The molecule has 1 saturated carbocycles. The predicted molar refractivity (Wildman–Crippen MR) is 224 cm³/mol. The number of carbonyl (C=O) groups excluding carboxylic acids is 5. The first-order valence-electron chi connectivity index (χ1n) is 21.3. The smallest absolute Gasteiger partial charge is 0.262 e. The summed E-state index contributed by atoms with van der Waals surface area (Å²) >= 11 is 0. The van der Waals surface area contributed by atoms with Crippen LogP contribution < -0.4 is 25.2 Å². The van der Waals surface area contributed by atoms with Crippen molar-refractivity contribution in [3.8, 4) is 11.8 Å². The van der Waals surface area contributed by atoms with Crippen molar-refractivity contribution < 1.29 is 33.1 Å². The molecule has 10 rings (SSSR count). The molecule has 62 heavy (non-hydrogen) atoms. The van der Waals surface area contributed by atoms with Crippen molar-refractivity contribution in [1.82, 2.24) is 30.4 Å². The topological polar surface area (TPSA) is 181 Å². The van der Waals surface area contributed by atoms with Crippen LogP contribution in [0.25, 0.3) is 10.9 Å². The molecule has 2 aromatic heterocycles. The Hall–Kier alpha value is -6.47. The van der Waals surface area contributed by atoms with Crippen molar-refractivity contribution in [2.45, 2.75) is 70.1 Å². The van der Waals surface area contributed by atoms with Gasteiger partial charge >= 0.3 is 0 Å². The molecule has 2 N–H and O–H groups in total. The average molecular weight is 840 g/mol. The highest BCUT2D eigenvalue weighted by Gasteiger charge is 2.69. The number of imide groups is 2. The van der Waals surface area contributed by atoms with Crippen LogP contribution in [0.2, 0.25) is 0 Å². The van der Waals surface area contributed by atoms with Gasteiger partial charge in [-0.2, -0.15) is 5.26 Å². The van der Waals surface area contributed by atoms with Crippen molar-refractivity contribution >= 4 is 51.9 Å². The molecule has 4 fully saturated rings. The molecule has 0 bridgehead atoms. The number of ether oxygens (including phenoxy) is 1. The van der Waals surface area contributed by atoms with Crippen LogP contribution in [0.15, 0.2) is 54.9 Å². The van der Waals surface area contributed by atoms with E-state index in [1.807, 2.05) is 29.2 Å². The Morgan fingerprint density at radius 3 is 2.37 bits per heavy atom. The number of pyridine rings is 2. The number of nitriles is 1. The lowest BCUT2D eigenvalue weighted by Gasteiger charge is -2.66. The summed E-state index contributed by atoms with van der Waals surface area (Å²) in [6, 6.07) is 12.7. The number of halogens is 1. The maximum atomic E-state index is 15.5. The minimum absolute atomic E-state index is 0.0121. The second-order valence-corrected chi connectivity index (χ2v) is 18.2. The number of hydrogen-bond acceptors (Lipinski definition) is 12. The van der Waals surface area contributed by atoms with E-state index in [0.717, 1.165) is 60.2 Å². The van der Waals surface area contributed by atoms with Gasteiger partial charge in [0.05, 0.1) is 44.9 Å². The fraction of sp³-hybridized carbons (Fsp3) is 0.435. The summed E-state index contributed by atoms with van der Waals surface area (Å²) in [6.07, 6.45) is 5.18. The Kier molecular flexibility index (Phi) is 9.32. The zero-order valence-electron chi connectivity index (χ0n) is 34.7. The molecule has 16 heteroatoms. The number of rotatable bonds is 7. The number of anilines is 2. The van der Waals surface area contributed by atoms with Crippen LogP contribution in [0.4, 0.5) is 15.9 Å². The number of piperazine rings is 1. The Morgan fingerprint density at radius 2 is 1.68 bits per heavy atom. The molecule has 318 valence electrons. The molecular weight excluding hydrogens is 794 g/mol. The van der Waals surface area contributed by atoms with Crippen LogP contribution in [-0.2, 0) is 15.0 Å². The highest BCUT2D eigenvalue weighted by Crippen LogP contribution is 2.61. The van der Waals surface area contributed by atoms with Crippen molar-refractivity contribution in [1.29, 1.82) is 5.26 Å². The summed E-state index contributed by atoms with van der Waals surface area (Å²) in [5, 5.41) is 16.1. The molecule has 5 amide bonds. The first-order valence-corrected chi connectivity index (χ1v) is 21.3. The Bertz CT molecular complexity index is 2630. The van der Waals surface area contributed by atoms with Gasteiger partial charge in [0.15, 0.2) is 0 Å². The number of fused-ring (bicyclic) bond motifs is 3. The van der Waals surface area contributed by atoms with Gasteiger partial charge in [0.1, 0.15) is 35.6 Å². The molecule has 2 aromatic carbocycles. The quantitative estimate of drug-likeness (QED) is 0.257. The van der Waals surface area contributed by atoms with Crippen molar-refractivity contribution in [2.24, 2.45) is 11.3 Å². The largest absolute Gasteiger partial charge is 0.488 e. The normalized spacial score (nSPS) is 25.7. The number of nitrogens with zero attached hydrogens (tertiary/aromatic N) is 7. The third-order valence-corrected chi connectivity index (χ3v) is 14.3. The highest BCUT2D eigenvalue weighted by molar-refractivity contribution is 6.23. The number of amides is 5. The summed E-state index contributed by atoms with van der Waals surface area (Å²) in [5.41, 5.74) is 1.91. The Labute approximate surface area is 357 Å². The zero-order chi connectivity index (χ0) is 43.2. The van der Waals surface area contributed by atoms with E-state index in [0.29, 0.717) is 54.5 Å². The lowest BCUT2D eigenvalue weighted by molar-refractivity contribution is -0.136. The van der Waals surface area contributed by atoms with Crippen molar-refractivity contribution in [3.05, 3.63) is 88.5 Å². The number of benzene rings is 2. The fourth-order valence-electron chi connectivity index (χ4n) is 11.2. The van der Waals surface area contributed by atoms with Crippen LogP contribution in [0, 0.1) is 28.5 Å². The lowest BCUT2D eigenvalue weighted by atomic mass is 9.45. The van der Waals surface area contributed by atoms with E-state index in [1.165, 1.54) is 6.07 Å². The molecule has 6 aliphatic rings. The van der Waals surface area contributed by atoms with Gasteiger partial charge < -0.3 is 19.9 Å². The summed E-state index contributed by atoms with van der Waals surface area (Å²) in [5.74, 6) is -1.33. The zero-order valence-corrected chi connectivity index (χ0v) is 34.7. The number of nitrogens with one attached hydrogen (secondary N) is 2. The second-order valence-electron chi connectivity index (χ2n) is 18.2. The van der Waals surface area contributed by atoms with Crippen molar-refractivity contribution in [2.75, 3.05) is 55.6 Å². The minimum Gasteiger partial charge on any atom is -0.488 e. The standard InChI is InChI=1S/C46H46FN9O6/c1-45(2)43(46(3)30-10-13-49-38-26(22-48)4-7-34(37(30)38)62-44(45)46)52-39(58)27-5-8-35(50-23-27)55-14-11-25(12-15-55)24-53-16-18-54(19-17-53)33-21-29-28(20-31(33)47)41(60)56(42(29)61)32-6-9-36(57)51-40(32)59/h4-5,7-8,10,13,20-21,23,25,32,43-44H,6,9,11-12,14-19,24H2,1-3H3,(H,52,58)(H,51,57,59)/t32?,43?,44-,46?/m0/s1. The van der Waals surface area contributed by atoms with Gasteiger partial charge in [0.25, 0.3) is 17.7 Å². The summed E-state index contributed by atoms with van der Waals surface area (Å²) < 4.78 is 22.1. The van der Waals surface area contributed by atoms with Gasteiger partial charge in [-0.3, -0.25) is 44.1 Å². The Morgan fingerprint density at radius 1 is 0.935 bits per heavy atom. The van der Waals surface area contributed by atoms with Crippen LogP contribution in [0.5, 0.6) is 5.75 Å². The maximum Gasteiger partial charge on any atom is 0.262 e. The molecule has 5 aliphatic heterocycles.